The van der Waals surface area contributed by atoms with Gasteiger partial charge in [0.1, 0.15) is 0 Å². The minimum absolute atomic E-state index is 0.0191. The van der Waals surface area contributed by atoms with Crippen molar-refractivity contribution in [1.82, 2.24) is 10.7 Å². The number of fused-ring (bicyclic) bond motifs is 1. The van der Waals surface area contributed by atoms with Gasteiger partial charge in [-0.2, -0.15) is 5.10 Å². The Balaban J connectivity index is 1.49. The lowest BCUT2D eigenvalue weighted by atomic mass is 10.2. The van der Waals surface area contributed by atoms with Crippen LogP contribution in [0, 0.1) is 0 Å². The lowest BCUT2D eigenvalue weighted by Gasteiger charge is -2.13. The molecular formula is C21H23N3O6. The molecule has 3 rings (SSSR count). The fourth-order valence-corrected chi connectivity index (χ4v) is 2.63. The van der Waals surface area contributed by atoms with E-state index in [1.165, 1.54) is 6.21 Å². The van der Waals surface area contributed by atoms with Gasteiger partial charge in [-0.3, -0.25) is 9.59 Å². The molecule has 0 spiro atoms. The number of methoxy groups -OCH3 is 1. The zero-order valence-corrected chi connectivity index (χ0v) is 16.9. The van der Waals surface area contributed by atoms with Crippen molar-refractivity contribution in [2.24, 2.45) is 5.10 Å². The minimum atomic E-state index is -0.466. The number of carbonyl (C=O) groups is 2. The fourth-order valence-electron chi connectivity index (χ4n) is 2.63. The van der Waals surface area contributed by atoms with Crippen LogP contribution in [-0.2, 0) is 4.79 Å². The van der Waals surface area contributed by atoms with Crippen molar-refractivity contribution < 1.29 is 28.5 Å². The molecule has 0 radical (unpaired) electrons. The summed E-state index contributed by atoms with van der Waals surface area (Å²) >= 11 is 0. The summed E-state index contributed by atoms with van der Waals surface area (Å²) in [6.45, 7) is 3.75. The van der Waals surface area contributed by atoms with Crippen LogP contribution in [0.3, 0.4) is 0 Å². The predicted molar refractivity (Wildman–Crippen MR) is 109 cm³/mol. The maximum atomic E-state index is 12.2. The molecule has 0 aliphatic carbocycles. The first-order chi connectivity index (χ1) is 14.5. The largest absolute Gasteiger partial charge is 0.493 e. The van der Waals surface area contributed by atoms with Gasteiger partial charge in [0.25, 0.3) is 11.8 Å². The molecule has 0 unspecified atom stereocenters. The maximum absolute atomic E-state index is 12.2. The van der Waals surface area contributed by atoms with Crippen LogP contribution in [0.1, 0.15) is 29.8 Å². The normalized spacial score (nSPS) is 12.1. The number of nitrogens with zero attached hydrogens (tertiary/aromatic N) is 1. The molecule has 0 aromatic heterocycles. The zero-order chi connectivity index (χ0) is 21.5. The van der Waals surface area contributed by atoms with Gasteiger partial charge in [0, 0.05) is 5.56 Å². The van der Waals surface area contributed by atoms with E-state index < -0.39 is 11.8 Å². The highest BCUT2D eigenvalue weighted by molar-refractivity contribution is 5.97. The lowest BCUT2D eigenvalue weighted by molar-refractivity contribution is -0.120. The van der Waals surface area contributed by atoms with E-state index in [-0.39, 0.29) is 19.4 Å². The van der Waals surface area contributed by atoms with Gasteiger partial charge in [-0.25, -0.2) is 5.43 Å². The van der Waals surface area contributed by atoms with Crippen molar-refractivity contribution >= 4 is 18.0 Å². The van der Waals surface area contributed by atoms with Crippen LogP contribution >= 0.6 is 0 Å². The van der Waals surface area contributed by atoms with Crippen LogP contribution in [0.15, 0.2) is 41.5 Å². The Morgan fingerprint density at radius 2 is 1.93 bits per heavy atom. The first-order valence-electron chi connectivity index (χ1n) is 9.30. The Labute approximate surface area is 174 Å². The second-order valence-corrected chi connectivity index (χ2v) is 6.62. The van der Waals surface area contributed by atoms with Crippen LogP contribution < -0.4 is 29.7 Å². The van der Waals surface area contributed by atoms with E-state index in [0.717, 1.165) is 0 Å². The van der Waals surface area contributed by atoms with Gasteiger partial charge < -0.3 is 24.3 Å². The number of hydrogen-bond donors (Lipinski definition) is 2. The number of benzene rings is 2. The highest BCUT2D eigenvalue weighted by Gasteiger charge is 2.16. The third-order valence-corrected chi connectivity index (χ3v) is 4.00. The van der Waals surface area contributed by atoms with Crippen LogP contribution in [0.5, 0.6) is 23.0 Å². The van der Waals surface area contributed by atoms with Gasteiger partial charge in [-0.15, -0.1) is 0 Å². The Morgan fingerprint density at radius 3 is 2.70 bits per heavy atom. The van der Waals surface area contributed by atoms with E-state index in [9.17, 15) is 9.59 Å². The molecule has 2 amide bonds. The summed E-state index contributed by atoms with van der Waals surface area (Å²) in [5, 5.41) is 6.42. The number of rotatable bonds is 8. The number of hydrazone groups is 1. The van der Waals surface area contributed by atoms with Crippen LogP contribution in [0.25, 0.3) is 0 Å². The van der Waals surface area contributed by atoms with Gasteiger partial charge >= 0.3 is 0 Å². The molecule has 0 saturated heterocycles. The zero-order valence-electron chi connectivity index (χ0n) is 16.9. The molecule has 2 N–H and O–H groups in total. The number of hydrogen-bond acceptors (Lipinski definition) is 7. The van der Waals surface area contributed by atoms with Gasteiger partial charge in [0.15, 0.2) is 23.0 Å². The molecule has 30 heavy (non-hydrogen) atoms. The Kier molecular flexibility index (Phi) is 6.74. The summed E-state index contributed by atoms with van der Waals surface area (Å²) in [7, 11) is 1.55. The van der Waals surface area contributed by atoms with E-state index in [1.54, 1.807) is 43.5 Å². The Bertz CT molecular complexity index is 958. The van der Waals surface area contributed by atoms with Crippen LogP contribution in [0.2, 0.25) is 0 Å². The summed E-state index contributed by atoms with van der Waals surface area (Å²) in [5.41, 5.74) is 3.45. The molecule has 2 aromatic carbocycles. The van der Waals surface area contributed by atoms with E-state index in [0.29, 0.717) is 34.1 Å². The van der Waals surface area contributed by atoms with Crippen molar-refractivity contribution in [2.45, 2.75) is 20.0 Å². The molecule has 2 aromatic rings. The summed E-state index contributed by atoms with van der Waals surface area (Å²) < 4.78 is 21.4. The number of ether oxygens (including phenoxy) is 4. The number of nitrogens with one attached hydrogen (secondary N) is 2. The summed E-state index contributed by atoms with van der Waals surface area (Å²) in [5.74, 6) is 1.40. The van der Waals surface area contributed by atoms with Crippen molar-refractivity contribution in [3.8, 4) is 23.0 Å². The van der Waals surface area contributed by atoms with Crippen molar-refractivity contribution in [1.29, 1.82) is 0 Å². The van der Waals surface area contributed by atoms with Gasteiger partial charge in [0.05, 0.1) is 26.0 Å². The highest BCUT2D eigenvalue weighted by atomic mass is 16.7. The molecule has 0 fully saturated rings. The lowest BCUT2D eigenvalue weighted by Crippen LogP contribution is -2.34. The van der Waals surface area contributed by atoms with Gasteiger partial charge in [-0.1, -0.05) is 0 Å². The monoisotopic (exact) mass is 413 g/mol. The first-order valence-corrected chi connectivity index (χ1v) is 9.30. The smallest absolute Gasteiger partial charge is 0.259 e. The third-order valence-electron chi connectivity index (χ3n) is 4.00. The molecule has 9 heteroatoms. The fraction of sp³-hybridized carbons (Fsp3) is 0.286. The molecule has 1 heterocycles. The van der Waals surface area contributed by atoms with Gasteiger partial charge in [-0.05, 0) is 55.8 Å². The maximum Gasteiger partial charge on any atom is 0.259 e. The molecule has 0 saturated carbocycles. The van der Waals surface area contributed by atoms with Crippen LogP contribution in [0.4, 0.5) is 0 Å². The van der Waals surface area contributed by atoms with Crippen molar-refractivity contribution in [2.75, 3.05) is 20.4 Å². The Hall–Kier alpha value is -3.75. The third kappa shape index (κ3) is 5.40. The topological polar surface area (TPSA) is 107 Å². The molecular weight excluding hydrogens is 390 g/mol. The van der Waals surface area contributed by atoms with E-state index >= 15 is 0 Å². The van der Waals surface area contributed by atoms with Crippen molar-refractivity contribution in [3.63, 3.8) is 0 Å². The van der Waals surface area contributed by atoms with E-state index in [4.69, 9.17) is 18.9 Å². The minimum Gasteiger partial charge on any atom is -0.493 e. The standard InChI is InChI=1S/C21H23N3O6/c1-13(2)30-17-6-4-14(8-18(17)27-3)10-23-24-20(25)11-22-21(26)15-5-7-16-19(9-15)29-12-28-16/h4-10,13H,11-12H2,1-3H3,(H,22,26)(H,24,25)/b23-10-. The molecule has 1 aliphatic heterocycles. The average molecular weight is 413 g/mol. The van der Waals surface area contributed by atoms with Crippen molar-refractivity contribution in [3.05, 3.63) is 47.5 Å². The predicted octanol–water partition coefficient (Wildman–Crippen LogP) is 2.09. The SMILES string of the molecule is COc1cc(/C=N\NC(=O)CNC(=O)c2ccc3c(c2)OCO3)ccc1OC(C)C. The van der Waals surface area contributed by atoms with E-state index in [1.807, 2.05) is 13.8 Å². The number of amides is 2. The van der Waals surface area contributed by atoms with E-state index in [2.05, 4.69) is 15.8 Å². The summed E-state index contributed by atoms with van der Waals surface area (Å²) in [4.78, 5) is 24.1. The Morgan fingerprint density at radius 1 is 1.13 bits per heavy atom. The summed E-state index contributed by atoms with van der Waals surface area (Å²) in [6, 6.07) is 10.1. The van der Waals surface area contributed by atoms with Crippen LogP contribution in [-0.4, -0.2) is 44.6 Å². The average Bonchev–Trinajstić information content (AvgIpc) is 3.20. The molecule has 0 bridgehead atoms. The highest BCUT2D eigenvalue weighted by Crippen LogP contribution is 2.32. The molecule has 0 atom stereocenters. The molecule has 1 aliphatic rings. The molecule has 158 valence electrons. The van der Waals surface area contributed by atoms with Gasteiger partial charge in [0.2, 0.25) is 6.79 Å². The number of carbonyl (C=O) groups excluding carboxylic acids is 2. The first kappa shape index (κ1) is 21.0. The molecule has 9 nitrogen and oxygen atoms in total. The quantitative estimate of drug-likeness (QED) is 0.507. The second-order valence-electron chi connectivity index (χ2n) is 6.62. The second kappa shape index (κ2) is 9.64. The summed E-state index contributed by atoms with van der Waals surface area (Å²) in [6.07, 6.45) is 1.49.